The summed E-state index contributed by atoms with van der Waals surface area (Å²) < 4.78 is 24.7. The first-order chi connectivity index (χ1) is 28.0. The summed E-state index contributed by atoms with van der Waals surface area (Å²) in [5.74, 6) is -0.598. The van der Waals surface area contributed by atoms with Crippen molar-refractivity contribution in [1.82, 2.24) is 9.97 Å². The molecule has 0 saturated carbocycles. The van der Waals surface area contributed by atoms with Crippen LogP contribution in [0, 0.1) is 0 Å². The van der Waals surface area contributed by atoms with Crippen molar-refractivity contribution in [3.05, 3.63) is 191 Å². The lowest BCUT2D eigenvalue weighted by Gasteiger charge is -2.36. The van der Waals surface area contributed by atoms with Gasteiger partial charge in [-0.25, -0.2) is 24.4 Å². The zero-order valence-electron chi connectivity index (χ0n) is 29.4. The minimum atomic E-state index is -1.39. The fraction of sp³-hybridized carbons (Fsp3) is 0.0227. The minimum absolute atomic E-state index is 0.215. The van der Waals surface area contributed by atoms with Crippen molar-refractivity contribution in [3.63, 3.8) is 0 Å². The standard InChI is InChI=1S/C44H26N2O7S4/c47-41(30-12-2-5-15-37(30)54-56-39-17-7-9-23-45-39)50-27-19-21-33-35(25-27)52-36-26-28(20-22-34(36)44(33)32-14-4-1-11-29(32)43(49)53-44)51-42(48)31-13-3-6-16-38(31)55-57-40-18-8-10-24-46-40/h1-26H. The summed E-state index contributed by atoms with van der Waals surface area (Å²) in [6.45, 7) is 0. The van der Waals surface area contributed by atoms with E-state index in [9.17, 15) is 14.4 Å². The Morgan fingerprint density at radius 3 is 1.54 bits per heavy atom. The van der Waals surface area contributed by atoms with E-state index in [1.165, 1.54) is 43.2 Å². The number of carbonyl (C=O) groups excluding carboxylic acids is 3. The van der Waals surface area contributed by atoms with Gasteiger partial charge < -0.3 is 18.9 Å². The molecule has 13 heteroatoms. The number of rotatable bonds is 10. The van der Waals surface area contributed by atoms with E-state index < -0.39 is 23.5 Å². The quantitative estimate of drug-likeness (QED) is 0.0741. The Labute approximate surface area is 342 Å². The molecule has 57 heavy (non-hydrogen) atoms. The third-order valence-corrected chi connectivity index (χ3v) is 13.7. The number of ether oxygens (including phenoxy) is 4. The number of benzene rings is 5. The first-order valence-corrected chi connectivity index (χ1v) is 21.7. The van der Waals surface area contributed by atoms with Crippen LogP contribution in [0.1, 0.15) is 47.8 Å². The summed E-state index contributed by atoms with van der Waals surface area (Å²) in [4.78, 5) is 50.8. The number of fused-ring (bicyclic) bond motifs is 6. The van der Waals surface area contributed by atoms with Crippen LogP contribution in [0.4, 0.5) is 0 Å². The predicted molar refractivity (Wildman–Crippen MR) is 219 cm³/mol. The van der Waals surface area contributed by atoms with Crippen molar-refractivity contribution >= 4 is 61.1 Å². The summed E-state index contributed by atoms with van der Waals surface area (Å²) >= 11 is 0. The highest BCUT2D eigenvalue weighted by Gasteiger charge is 2.53. The monoisotopic (exact) mass is 822 g/mol. The predicted octanol–water partition coefficient (Wildman–Crippen LogP) is 11.1. The molecule has 9 rings (SSSR count). The van der Waals surface area contributed by atoms with Crippen LogP contribution in [-0.4, -0.2) is 27.9 Å². The normalized spacial score (nSPS) is 13.1. The molecule has 0 saturated heterocycles. The molecule has 2 aliphatic rings. The molecule has 9 nitrogen and oxygen atoms in total. The van der Waals surface area contributed by atoms with Gasteiger partial charge in [0.15, 0.2) is 5.60 Å². The number of hydrogen-bond donors (Lipinski definition) is 0. The Bertz CT molecular complexity index is 2530. The van der Waals surface area contributed by atoms with Gasteiger partial charge in [0, 0.05) is 51.0 Å². The van der Waals surface area contributed by atoms with Gasteiger partial charge in [0.2, 0.25) is 0 Å². The topological polar surface area (TPSA) is 114 Å². The lowest BCUT2D eigenvalue weighted by atomic mass is 9.77. The molecule has 5 aromatic carbocycles. The van der Waals surface area contributed by atoms with E-state index in [0.29, 0.717) is 54.7 Å². The highest BCUT2D eigenvalue weighted by molar-refractivity contribution is 8.77. The average molecular weight is 823 g/mol. The minimum Gasteiger partial charge on any atom is -0.456 e. The fourth-order valence-electron chi connectivity index (χ4n) is 6.47. The number of pyridine rings is 2. The highest BCUT2D eigenvalue weighted by Crippen LogP contribution is 2.57. The molecule has 0 fully saturated rings. The molecule has 0 N–H and O–H groups in total. The average Bonchev–Trinajstić information content (AvgIpc) is 3.54. The second-order valence-corrected chi connectivity index (χ2v) is 16.9. The summed E-state index contributed by atoms with van der Waals surface area (Å²) in [5.41, 5.74) is 1.49. The molecule has 2 aliphatic heterocycles. The molecule has 0 aliphatic carbocycles. The molecule has 0 bridgehead atoms. The van der Waals surface area contributed by atoms with Crippen molar-refractivity contribution in [2.45, 2.75) is 25.4 Å². The van der Waals surface area contributed by atoms with Crippen LogP contribution in [0.2, 0.25) is 0 Å². The van der Waals surface area contributed by atoms with E-state index in [-0.39, 0.29) is 11.5 Å². The first kappa shape index (κ1) is 36.6. The summed E-state index contributed by atoms with van der Waals surface area (Å²) in [7, 11) is 5.68. The van der Waals surface area contributed by atoms with Gasteiger partial charge in [-0.05, 0) is 100 Å². The number of nitrogens with zero attached hydrogens (tertiary/aromatic N) is 2. The van der Waals surface area contributed by atoms with Crippen LogP contribution >= 0.6 is 43.2 Å². The third kappa shape index (κ3) is 7.26. The molecule has 4 heterocycles. The Morgan fingerprint density at radius 1 is 0.526 bits per heavy atom. The second-order valence-electron chi connectivity index (χ2n) is 12.5. The van der Waals surface area contributed by atoms with Gasteiger partial charge in [0.05, 0.1) is 16.7 Å². The van der Waals surface area contributed by atoms with Crippen LogP contribution in [0.15, 0.2) is 178 Å². The summed E-state index contributed by atoms with van der Waals surface area (Å²) in [6, 6.07) is 42.8. The van der Waals surface area contributed by atoms with Crippen molar-refractivity contribution < 1.29 is 33.3 Å². The third-order valence-electron chi connectivity index (χ3n) is 9.00. The van der Waals surface area contributed by atoms with E-state index in [0.717, 1.165) is 10.1 Å². The largest absolute Gasteiger partial charge is 0.456 e. The van der Waals surface area contributed by atoms with Crippen molar-refractivity contribution in [1.29, 1.82) is 0 Å². The van der Waals surface area contributed by atoms with Crippen LogP contribution in [0.3, 0.4) is 0 Å². The number of esters is 3. The molecule has 278 valence electrons. The second kappa shape index (κ2) is 15.9. The van der Waals surface area contributed by atoms with Gasteiger partial charge in [-0.3, -0.25) is 0 Å². The maximum absolute atomic E-state index is 13.6. The summed E-state index contributed by atoms with van der Waals surface area (Å²) in [6.07, 6.45) is 3.43. The van der Waals surface area contributed by atoms with Gasteiger partial charge in [-0.15, -0.1) is 0 Å². The van der Waals surface area contributed by atoms with Crippen molar-refractivity contribution in [3.8, 4) is 23.0 Å². The fourth-order valence-corrected chi connectivity index (χ4v) is 10.6. The summed E-state index contributed by atoms with van der Waals surface area (Å²) in [5, 5.41) is 1.61. The van der Waals surface area contributed by atoms with Crippen LogP contribution < -0.4 is 14.2 Å². The van der Waals surface area contributed by atoms with Gasteiger partial charge in [0.25, 0.3) is 0 Å². The molecule has 2 aromatic heterocycles. The molecule has 0 radical (unpaired) electrons. The van der Waals surface area contributed by atoms with Gasteiger partial charge >= 0.3 is 17.9 Å². The number of hydrogen-bond acceptors (Lipinski definition) is 13. The van der Waals surface area contributed by atoms with E-state index in [1.54, 1.807) is 85.2 Å². The van der Waals surface area contributed by atoms with E-state index in [2.05, 4.69) is 9.97 Å². The van der Waals surface area contributed by atoms with E-state index in [1.807, 2.05) is 72.8 Å². The van der Waals surface area contributed by atoms with E-state index in [4.69, 9.17) is 18.9 Å². The first-order valence-electron chi connectivity index (χ1n) is 17.4. The van der Waals surface area contributed by atoms with Gasteiger partial charge in [-0.1, -0.05) is 76.2 Å². The zero-order chi connectivity index (χ0) is 38.8. The van der Waals surface area contributed by atoms with Crippen LogP contribution in [0.5, 0.6) is 23.0 Å². The Hall–Kier alpha value is -5.99. The maximum Gasteiger partial charge on any atom is 0.344 e. The van der Waals surface area contributed by atoms with Crippen LogP contribution in [0.25, 0.3) is 0 Å². The maximum atomic E-state index is 13.6. The SMILES string of the molecule is O=C(Oc1ccc2c(c1)Oc1cc(OC(=O)c3ccccc3SSc3ccccn3)ccc1C21OC(=O)c2ccccc21)c1ccccc1SSc1ccccn1. The Morgan fingerprint density at radius 2 is 1.02 bits per heavy atom. The molecule has 0 atom stereocenters. The lowest BCUT2D eigenvalue weighted by molar-refractivity contribution is 0.0224. The molecule has 0 unspecified atom stereocenters. The zero-order valence-corrected chi connectivity index (χ0v) is 32.7. The van der Waals surface area contributed by atoms with Gasteiger partial charge in [0.1, 0.15) is 33.0 Å². The van der Waals surface area contributed by atoms with Gasteiger partial charge in [-0.2, -0.15) is 0 Å². The molecular formula is C44H26N2O7S4. The van der Waals surface area contributed by atoms with E-state index >= 15 is 0 Å². The molecular weight excluding hydrogens is 797 g/mol. The molecule has 7 aromatic rings. The van der Waals surface area contributed by atoms with Crippen molar-refractivity contribution in [2.24, 2.45) is 0 Å². The number of carbonyl (C=O) groups is 3. The van der Waals surface area contributed by atoms with Crippen molar-refractivity contribution in [2.75, 3.05) is 0 Å². The molecule has 1 spiro atoms. The highest BCUT2D eigenvalue weighted by atomic mass is 33.1. The molecule has 0 amide bonds. The smallest absolute Gasteiger partial charge is 0.344 e. The Balaban J connectivity index is 1.02. The lowest BCUT2D eigenvalue weighted by Crippen LogP contribution is -2.33. The number of aromatic nitrogens is 2. The van der Waals surface area contributed by atoms with Crippen LogP contribution in [-0.2, 0) is 10.3 Å². The Kier molecular flexibility index (Phi) is 10.2.